The monoisotopic (exact) mass is 271 g/mol. The summed E-state index contributed by atoms with van der Waals surface area (Å²) < 4.78 is 41.4. The molecule has 0 unspecified atom stereocenters. The highest BCUT2D eigenvalue weighted by Gasteiger charge is 2.31. The molecule has 0 bridgehead atoms. The van der Waals surface area contributed by atoms with Gasteiger partial charge in [-0.2, -0.15) is 18.3 Å². The van der Waals surface area contributed by atoms with Gasteiger partial charge in [0.05, 0.1) is 6.61 Å². The third-order valence-electron chi connectivity index (χ3n) is 1.73. The van der Waals surface area contributed by atoms with Crippen molar-refractivity contribution in [3.63, 3.8) is 0 Å². The summed E-state index contributed by atoms with van der Waals surface area (Å²) in [5.74, 6) is -1.34. The fraction of sp³-hybridized carbons (Fsp3) is 0.500. The molecule has 0 spiro atoms. The van der Waals surface area contributed by atoms with E-state index in [4.69, 9.17) is 17.3 Å². The van der Waals surface area contributed by atoms with E-state index >= 15 is 0 Å². The fourth-order valence-corrected chi connectivity index (χ4v) is 1.29. The van der Waals surface area contributed by atoms with E-state index in [0.29, 0.717) is 4.68 Å². The first kappa shape index (κ1) is 13.6. The van der Waals surface area contributed by atoms with Crippen LogP contribution in [0.2, 0.25) is 5.02 Å². The molecule has 0 aromatic carbocycles. The van der Waals surface area contributed by atoms with Crippen molar-refractivity contribution < 1.29 is 22.7 Å². The molecular weight excluding hydrogens is 263 g/mol. The predicted octanol–water partition coefficient (Wildman–Crippen LogP) is 1.86. The maximum atomic E-state index is 12.1. The lowest BCUT2D eigenvalue weighted by Crippen LogP contribution is -2.20. The van der Waals surface area contributed by atoms with E-state index in [1.165, 1.54) is 0 Å². The maximum Gasteiger partial charge on any atom is 0.408 e. The standard InChI is InChI=1S/C8H9ClF3N3O2/c1-2-17-7(16)5-4(9)6(13)15(14-5)3-8(10,11)12/h2-3,13H2,1H3. The number of nitrogen functional groups attached to an aromatic ring is 1. The number of halogens is 4. The minimum atomic E-state index is -4.50. The molecule has 0 amide bonds. The molecule has 0 atom stereocenters. The number of aromatic nitrogens is 2. The molecule has 1 rings (SSSR count). The molecule has 1 heterocycles. The summed E-state index contributed by atoms with van der Waals surface area (Å²) in [6.07, 6.45) is -4.50. The summed E-state index contributed by atoms with van der Waals surface area (Å²) in [5.41, 5.74) is 4.88. The molecule has 1 aromatic rings. The molecule has 0 aliphatic rings. The Labute approximate surface area is 99.3 Å². The van der Waals surface area contributed by atoms with Crippen LogP contribution in [0.15, 0.2) is 0 Å². The SMILES string of the molecule is CCOC(=O)c1nn(CC(F)(F)F)c(N)c1Cl. The van der Waals surface area contributed by atoms with Gasteiger partial charge in [-0.3, -0.25) is 0 Å². The van der Waals surface area contributed by atoms with E-state index < -0.39 is 30.2 Å². The molecule has 0 saturated carbocycles. The number of ether oxygens (including phenoxy) is 1. The van der Waals surface area contributed by atoms with Crippen LogP contribution in [-0.2, 0) is 11.3 Å². The normalized spacial score (nSPS) is 11.6. The first-order valence-corrected chi connectivity index (χ1v) is 4.89. The molecule has 0 aliphatic carbocycles. The quantitative estimate of drug-likeness (QED) is 0.852. The zero-order valence-electron chi connectivity index (χ0n) is 8.71. The number of nitrogens with zero attached hydrogens (tertiary/aromatic N) is 2. The van der Waals surface area contributed by atoms with Crippen molar-refractivity contribution in [2.45, 2.75) is 19.6 Å². The smallest absolute Gasteiger partial charge is 0.408 e. The topological polar surface area (TPSA) is 70.1 Å². The number of nitrogens with two attached hydrogens (primary N) is 1. The second-order valence-corrected chi connectivity index (χ2v) is 3.42. The lowest BCUT2D eigenvalue weighted by Gasteiger charge is -2.07. The third kappa shape index (κ3) is 3.26. The summed E-state index contributed by atoms with van der Waals surface area (Å²) in [5, 5.41) is 3.04. The van der Waals surface area contributed by atoms with Crippen LogP contribution in [0.5, 0.6) is 0 Å². The van der Waals surface area contributed by atoms with Crippen molar-refractivity contribution in [3.05, 3.63) is 10.7 Å². The average molecular weight is 272 g/mol. The second-order valence-electron chi connectivity index (χ2n) is 3.04. The van der Waals surface area contributed by atoms with Crippen molar-refractivity contribution in [2.75, 3.05) is 12.3 Å². The molecule has 0 saturated heterocycles. The Bertz CT molecular complexity index is 430. The molecule has 5 nitrogen and oxygen atoms in total. The molecule has 2 N–H and O–H groups in total. The Morgan fingerprint density at radius 3 is 2.65 bits per heavy atom. The van der Waals surface area contributed by atoms with Crippen LogP contribution in [0, 0.1) is 0 Å². The number of esters is 1. The van der Waals surface area contributed by atoms with E-state index in [2.05, 4.69) is 9.84 Å². The van der Waals surface area contributed by atoms with Crippen molar-refractivity contribution in [3.8, 4) is 0 Å². The minimum Gasteiger partial charge on any atom is -0.461 e. The Morgan fingerprint density at radius 1 is 1.59 bits per heavy atom. The average Bonchev–Trinajstić information content (AvgIpc) is 2.44. The van der Waals surface area contributed by atoms with Crippen LogP contribution in [0.4, 0.5) is 19.0 Å². The predicted molar refractivity (Wildman–Crippen MR) is 53.7 cm³/mol. The second kappa shape index (κ2) is 4.82. The molecule has 96 valence electrons. The Morgan fingerprint density at radius 2 is 2.18 bits per heavy atom. The number of alkyl halides is 3. The van der Waals surface area contributed by atoms with E-state index in [-0.39, 0.29) is 11.6 Å². The lowest BCUT2D eigenvalue weighted by molar-refractivity contribution is -0.142. The van der Waals surface area contributed by atoms with Gasteiger partial charge < -0.3 is 10.5 Å². The Kier molecular flexibility index (Phi) is 3.87. The van der Waals surface area contributed by atoms with Crippen LogP contribution >= 0.6 is 11.6 Å². The van der Waals surface area contributed by atoms with E-state index in [1.807, 2.05) is 0 Å². The molecule has 1 aromatic heterocycles. The maximum absolute atomic E-state index is 12.1. The summed E-state index contributed by atoms with van der Waals surface area (Å²) in [4.78, 5) is 11.3. The lowest BCUT2D eigenvalue weighted by atomic mass is 10.4. The number of carbonyl (C=O) groups is 1. The number of carbonyl (C=O) groups excluding carboxylic acids is 1. The Balaban J connectivity index is 3.04. The van der Waals surface area contributed by atoms with Gasteiger partial charge in [-0.05, 0) is 6.92 Å². The van der Waals surface area contributed by atoms with Crippen LogP contribution in [0.1, 0.15) is 17.4 Å². The van der Waals surface area contributed by atoms with Gasteiger partial charge in [-0.1, -0.05) is 11.6 Å². The summed E-state index contributed by atoms with van der Waals surface area (Å²) >= 11 is 5.60. The van der Waals surface area contributed by atoms with Crippen molar-refractivity contribution >= 4 is 23.4 Å². The molecule has 0 radical (unpaired) electrons. The van der Waals surface area contributed by atoms with Gasteiger partial charge in [-0.15, -0.1) is 0 Å². The number of anilines is 1. The third-order valence-corrected chi connectivity index (χ3v) is 2.10. The van der Waals surface area contributed by atoms with Crippen LogP contribution in [-0.4, -0.2) is 28.5 Å². The van der Waals surface area contributed by atoms with Gasteiger partial charge in [0.15, 0.2) is 5.69 Å². The first-order valence-electron chi connectivity index (χ1n) is 4.52. The van der Waals surface area contributed by atoms with E-state index in [9.17, 15) is 18.0 Å². The van der Waals surface area contributed by atoms with Gasteiger partial charge in [-0.25, -0.2) is 9.48 Å². The summed E-state index contributed by atoms with van der Waals surface area (Å²) in [7, 11) is 0. The van der Waals surface area contributed by atoms with Crippen LogP contribution in [0.25, 0.3) is 0 Å². The zero-order chi connectivity index (χ0) is 13.2. The van der Waals surface area contributed by atoms with Gasteiger partial charge in [0.25, 0.3) is 0 Å². The molecular formula is C8H9ClF3N3O2. The summed E-state index contributed by atoms with van der Waals surface area (Å²) in [6.45, 7) is 0.182. The van der Waals surface area contributed by atoms with Crippen LogP contribution in [0.3, 0.4) is 0 Å². The first-order chi connectivity index (χ1) is 7.76. The largest absolute Gasteiger partial charge is 0.461 e. The van der Waals surface area contributed by atoms with Crippen LogP contribution < -0.4 is 5.73 Å². The van der Waals surface area contributed by atoms with Gasteiger partial charge >= 0.3 is 12.1 Å². The number of hydrogen-bond donors (Lipinski definition) is 1. The number of hydrogen-bond acceptors (Lipinski definition) is 4. The summed E-state index contributed by atoms with van der Waals surface area (Å²) in [6, 6.07) is 0. The van der Waals surface area contributed by atoms with Gasteiger partial charge in [0, 0.05) is 0 Å². The highest BCUT2D eigenvalue weighted by atomic mass is 35.5. The highest BCUT2D eigenvalue weighted by Crippen LogP contribution is 2.27. The van der Waals surface area contributed by atoms with Crippen molar-refractivity contribution in [1.82, 2.24) is 9.78 Å². The van der Waals surface area contributed by atoms with E-state index in [1.54, 1.807) is 6.92 Å². The van der Waals surface area contributed by atoms with Gasteiger partial charge in [0.2, 0.25) is 0 Å². The molecule has 0 fully saturated rings. The van der Waals surface area contributed by atoms with Gasteiger partial charge in [0.1, 0.15) is 17.4 Å². The van der Waals surface area contributed by atoms with E-state index in [0.717, 1.165) is 0 Å². The minimum absolute atomic E-state index is 0.0567. The Hall–Kier alpha value is -1.44. The highest BCUT2D eigenvalue weighted by molar-refractivity contribution is 6.35. The molecule has 9 heteroatoms. The molecule has 0 aliphatic heterocycles. The van der Waals surface area contributed by atoms with Crippen molar-refractivity contribution in [1.29, 1.82) is 0 Å². The molecule has 17 heavy (non-hydrogen) atoms. The number of rotatable bonds is 3. The zero-order valence-corrected chi connectivity index (χ0v) is 9.47. The fourth-order valence-electron chi connectivity index (χ4n) is 1.07. The van der Waals surface area contributed by atoms with Crippen molar-refractivity contribution in [2.24, 2.45) is 0 Å².